The predicted octanol–water partition coefficient (Wildman–Crippen LogP) is 3.28. The molecule has 2 aliphatic heterocycles. The third-order valence-corrected chi connectivity index (χ3v) is 6.50. The standard InChI is InChI=1S/C24H26N2O4/c1-28-18-4-2-17(3-5-18)21-14-29-24-19(23(21)27)6-7-22-20(24)13-26(15-30-22)12-16-8-10-25-11-9-16/h2-5,8-11,14,19-20,22,24H,6-7,12-13,15H2,1H3. The van der Waals surface area contributed by atoms with E-state index in [1.165, 1.54) is 5.56 Å². The van der Waals surface area contributed by atoms with Crippen LogP contribution >= 0.6 is 0 Å². The number of Topliss-reactive ketones (excluding diaryl/α,β-unsaturated/α-hetero) is 1. The first kappa shape index (κ1) is 19.3. The minimum atomic E-state index is -0.126. The zero-order valence-corrected chi connectivity index (χ0v) is 17.1. The summed E-state index contributed by atoms with van der Waals surface area (Å²) in [6, 6.07) is 11.6. The second kappa shape index (κ2) is 8.20. The molecule has 0 spiro atoms. The minimum Gasteiger partial charge on any atom is -0.497 e. The van der Waals surface area contributed by atoms with Gasteiger partial charge < -0.3 is 14.2 Å². The SMILES string of the molecule is COc1ccc(C2=COC3C(CCC4OCN(Cc5ccncc5)CC43)C2=O)cc1. The summed E-state index contributed by atoms with van der Waals surface area (Å²) in [5.41, 5.74) is 2.74. The molecule has 3 heterocycles. The maximum absolute atomic E-state index is 13.3. The summed E-state index contributed by atoms with van der Waals surface area (Å²) < 4.78 is 17.6. The van der Waals surface area contributed by atoms with Crippen LogP contribution in [0, 0.1) is 11.8 Å². The van der Waals surface area contributed by atoms with Gasteiger partial charge in [0, 0.05) is 31.4 Å². The lowest BCUT2D eigenvalue weighted by Gasteiger charge is -2.48. The number of methoxy groups -OCH3 is 1. The summed E-state index contributed by atoms with van der Waals surface area (Å²) in [7, 11) is 1.64. The van der Waals surface area contributed by atoms with Crippen molar-refractivity contribution in [3.8, 4) is 5.75 Å². The van der Waals surface area contributed by atoms with E-state index in [4.69, 9.17) is 14.2 Å². The van der Waals surface area contributed by atoms with Crippen molar-refractivity contribution in [2.75, 3.05) is 20.4 Å². The monoisotopic (exact) mass is 406 g/mol. The molecule has 0 N–H and O–H groups in total. The zero-order chi connectivity index (χ0) is 20.5. The fraction of sp³-hybridized carbons (Fsp3) is 0.417. The Balaban J connectivity index is 1.33. The van der Waals surface area contributed by atoms with Gasteiger partial charge in [0.25, 0.3) is 0 Å². The van der Waals surface area contributed by atoms with E-state index in [0.29, 0.717) is 12.3 Å². The van der Waals surface area contributed by atoms with Crippen molar-refractivity contribution < 1.29 is 19.0 Å². The number of hydrogen-bond donors (Lipinski definition) is 0. The highest BCUT2D eigenvalue weighted by molar-refractivity contribution is 6.22. The minimum absolute atomic E-state index is 0.113. The number of carbonyl (C=O) groups is 1. The van der Waals surface area contributed by atoms with Crippen LogP contribution in [0.3, 0.4) is 0 Å². The van der Waals surface area contributed by atoms with Gasteiger partial charge in [0.1, 0.15) is 11.9 Å². The van der Waals surface area contributed by atoms with E-state index in [2.05, 4.69) is 9.88 Å². The van der Waals surface area contributed by atoms with E-state index in [1.807, 2.05) is 48.8 Å². The van der Waals surface area contributed by atoms with Crippen molar-refractivity contribution in [1.82, 2.24) is 9.88 Å². The first-order chi connectivity index (χ1) is 14.7. The molecule has 1 saturated heterocycles. The summed E-state index contributed by atoms with van der Waals surface area (Å²) in [5, 5.41) is 0. The highest BCUT2D eigenvalue weighted by Gasteiger charge is 2.49. The topological polar surface area (TPSA) is 60.9 Å². The summed E-state index contributed by atoms with van der Waals surface area (Å²) in [6.45, 7) is 2.29. The lowest BCUT2D eigenvalue weighted by Crippen LogP contribution is -2.56. The molecule has 0 bridgehead atoms. The number of ketones is 1. The molecule has 6 nitrogen and oxygen atoms in total. The van der Waals surface area contributed by atoms with Gasteiger partial charge in [-0.3, -0.25) is 14.7 Å². The van der Waals surface area contributed by atoms with Crippen LogP contribution in [0.4, 0.5) is 0 Å². The van der Waals surface area contributed by atoms with E-state index in [0.717, 1.165) is 37.2 Å². The summed E-state index contributed by atoms with van der Waals surface area (Å²) in [5.74, 6) is 1.03. The number of carbonyl (C=O) groups excluding carboxylic acids is 1. The van der Waals surface area contributed by atoms with Crippen molar-refractivity contribution in [2.45, 2.75) is 31.6 Å². The molecule has 6 heteroatoms. The Hall–Kier alpha value is -2.70. The van der Waals surface area contributed by atoms with Gasteiger partial charge >= 0.3 is 0 Å². The number of benzene rings is 1. The van der Waals surface area contributed by atoms with Crippen LogP contribution in [0.2, 0.25) is 0 Å². The molecule has 1 aliphatic carbocycles. The Bertz CT molecular complexity index is 928. The van der Waals surface area contributed by atoms with Crippen molar-refractivity contribution >= 4 is 11.4 Å². The van der Waals surface area contributed by atoms with Crippen molar-refractivity contribution in [1.29, 1.82) is 0 Å². The second-order valence-corrected chi connectivity index (χ2v) is 8.27. The molecule has 1 saturated carbocycles. The van der Waals surface area contributed by atoms with E-state index in [1.54, 1.807) is 13.4 Å². The van der Waals surface area contributed by atoms with Gasteiger partial charge in [-0.1, -0.05) is 12.1 Å². The molecule has 0 amide bonds. The van der Waals surface area contributed by atoms with Crippen LogP contribution in [0.1, 0.15) is 24.0 Å². The Kier molecular flexibility index (Phi) is 5.27. The highest BCUT2D eigenvalue weighted by Crippen LogP contribution is 2.42. The smallest absolute Gasteiger partial charge is 0.173 e. The van der Waals surface area contributed by atoms with Gasteiger partial charge in [0.15, 0.2) is 5.78 Å². The fourth-order valence-corrected chi connectivity index (χ4v) is 4.93. The molecular weight excluding hydrogens is 380 g/mol. The van der Waals surface area contributed by atoms with Gasteiger partial charge in [0.2, 0.25) is 0 Å². The van der Waals surface area contributed by atoms with Gasteiger partial charge in [-0.25, -0.2) is 0 Å². The van der Waals surface area contributed by atoms with Crippen molar-refractivity contribution in [2.24, 2.45) is 11.8 Å². The molecular formula is C24H26N2O4. The van der Waals surface area contributed by atoms with Crippen LogP contribution < -0.4 is 4.74 Å². The summed E-state index contributed by atoms with van der Waals surface area (Å²) >= 11 is 0. The van der Waals surface area contributed by atoms with Gasteiger partial charge in [0.05, 0.1) is 37.7 Å². The number of pyridine rings is 1. The van der Waals surface area contributed by atoms with Crippen molar-refractivity contribution in [3.05, 3.63) is 66.2 Å². The van der Waals surface area contributed by atoms with Crippen LogP contribution in [-0.4, -0.2) is 48.3 Å². The number of fused-ring (bicyclic) bond motifs is 3. The summed E-state index contributed by atoms with van der Waals surface area (Å²) in [6.07, 6.45) is 7.03. The second-order valence-electron chi connectivity index (χ2n) is 8.27. The normalized spacial score (nSPS) is 28.7. The number of allylic oxidation sites excluding steroid dienone is 1. The largest absolute Gasteiger partial charge is 0.497 e. The van der Waals surface area contributed by atoms with E-state index >= 15 is 0 Å². The Morgan fingerprint density at radius 2 is 1.93 bits per heavy atom. The van der Waals surface area contributed by atoms with Crippen LogP contribution in [0.5, 0.6) is 5.75 Å². The summed E-state index contributed by atoms with van der Waals surface area (Å²) in [4.78, 5) is 19.7. The number of ether oxygens (including phenoxy) is 3. The maximum Gasteiger partial charge on any atom is 0.173 e. The molecule has 0 radical (unpaired) electrons. The Morgan fingerprint density at radius 1 is 1.13 bits per heavy atom. The third-order valence-electron chi connectivity index (χ3n) is 6.50. The van der Waals surface area contributed by atoms with Crippen LogP contribution in [0.25, 0.3) is 5.57 Å². The average Bonchev–Trinajstić information content (AvgIpc) is 2.80. The van der Waals surface area contributed by atoms with E-state index in [9.17, 15) is 4.79 Å². The molecule has 3 aliphatic rings. The van der Waals surface area contributed by atoms with Crippen LogP contribution in [-0.2, 0) is 20.8 Å². The average molecular weight is 406 g/mol. The highest BCUT2D eigenvalue weighted by atomic mass is 16.5. The number of rotatable bonds is 4. The lowest BCUT2D eigenvalue weighted by atomic mass is 9.71. The number of hydrogen-bond acceptors (Lipinski definition) is 6. The zero-order valence-electron chi connectivity index (χ0n) is 17.1. The number of aromatic nitrogens is 1. The van der Waals surface area contributed by atoms with E-state index in [-0.39, 0.29) is 29.8 Å². The fourth-order valence-electron chi connectivity index (χ4n) is 4.93. The molecule has 4 unspecified atom stereocenters. The first-order valence-corrected chi connectivity index (χ1v) is 10.5. The molecule has 1 aromatic carbocycles. The third kappa shape index (κ3) is 3.61. The van der Waals surface area contributed by atoms with Crippen molar-refractivity contribution in [3.63, 3.8) is 0 Å². The molecule has 30 heavy (non-hydrogen) atoms. The van der Waals surface area contributed by atoms with Gasteiger partial charge in [-0.15, -0.1) is 0 Å². The molecule has 2 fully saturated rings. The quantitative estimate of drug-likeness (QED) is 0.777. The maximum atomic E-state index is 13.3. The predicted molar refractivity (Wildman–Crippen MR) is 111 cm³/mol. The first-order valence-electron chi connectivity index (χ1n) is 10.5. The Morgan fingerprint density at radius 3 is 2.70 bits per heavy atom. The van der Waals surface area contributed by atoms with E-state index < -0.39 is 0 Å². The molecule has 4 atom stereocenters. The molecule has 5 rings (SSSR count). The Labute approximate surface area is 176 Å². The number of nitrogens with zero attached hydrogens (tertiary/aromatic N) is 2. The molecule has 2 aromatic rings. The van der Waals surface area contributed by atoms with Gasteiger partial charge in [-0.05, 0) is 48.2 Å². The lowest BCUT2D eigenvalue weighted by molar-refractivity contribution is -0.171. The van der Waals surface area contributed by atoms with Crippen LogP contribution in [0.15, 0.2) is 55.1 Å². The molecule has 1 aromatic heterocycles. The molecule has 156 valence electrons. The van der Waals surface area contributed by atoms with Gasteiger partial charge in [-0.2, -0.15) is 0 Å².